The summed E-state index contributed by atoms with van der Waals surface area (Å²) in [7, 11) is 0. The number of para-hydroxylation sites is 4. The largest absolute Gasteiger partial charge is 0.490 e. The van der Waals surface area contributed by atoms with Crippen LogP contribution in [0.3, 0.4) is 0 Å². The second-order valence-electron chi connectivity index (χ2n) is 5.66. The molecular weight excluding hydrogens is 388 g/mol. The lowest BCUT2D eigenvalue weighted by Gasteiger charge is -2.16. The standard InChI is InChI=1S/C20H21F2NO6/c1-3-26-16-10-6-7-11-17(16)27-12-18(24)28-13(2)19(25)23-14-8-4-5-9-15(14)29-20(21)22/h4-11,13,20H,3,12H2,1-2H3,(H,23,25). The van der Waals surface area contributed by atoms with Gasteiger partial charge in [0, 0.05) is 0 Å². The maximum absolute atomic E-state index is 12.4. The molecular formula is C20H21F2NO6. The summed E-state index contributed by atoms with van der Waals surface area (Å²) in [5.74, 6) is -0.856. The summed E-state index contributed by atoms with van der Waals surface area (Å²) in [6.07, 6.45) is -1.19. The number of benzene rings is 2. The fourth-order valence-electron chi connectivity index (χ4n) is 2.27. The van der Waals surface area contributed by atoms with Crippen molar-refractivity contribution in [3.05, 3.63) is 48.5 Å². The van der Waals surface area contributed by atoms with E-state index in [1.807, 2.05) is 6.92 Å². The van der Waals surface area contributed by atoms with Gasteiger partial charge in [0.2, 0.25) is 0 Å². The van der Waals surface area contributed by atoms with E-state index in [2.05, 4.69) is 10.1 Å². The maximum Gasteiger partial charge on any atom is 0.387 e. The molecule has 0 bridgehead atoms. The second kappa shape index (κ2) is 10.8. The van der Waals surface area contributed by atoms with Gasteiger partial charge in [-0.2, -0.15) is 8.78 Å². The van der Waals surface area contributed by atoms with Crippen molar-refractivity contribution in [2.45, 2.75) is 26.6 Å². The molecule has 0 aliphatic rings. The Kier molecular flexibility index (Phi) is 8.20. The van der Waals surface area contributed by atoms with E-state index < -0.39 is 31.2 Å². The number of nitrogens with one attached hydrogen (secondary N) is 1. The van der Waals surface area contributed by atoms with Gasteiger partial charge in [-0.05, 0) is 38.1 Å². The minimum Gasteiger partial charge on any atom is -0.490 e. The van der Waals surface area contributed by atoms with Gasteiger partial charge in [-0.25, -0.2) is 4.79 Å². The molecule has 0 fully saturated rings. The highest BCUT2D eigenvalue weighted by molar-refractivity contribution is 5.96. The third kappa shape index (κ3) is 6.95. The monoisotopic (exact) mass is 409 g/mol. The van der Waals surface area contributed by atoms with E-state index in [0.717, 1.165) is 0 Å². The summed E-state index contributed by atoms with van der Waals surface area (Å²) in [6, 6.07) is 12.5. The van der Waals surface area contributed by atoms with E-state index in [9.17, 15) is 18.4 Å². The zero-order valence-corrected chi connectivity index (χ0v) is 15.9. The Morgan fingerprint density at radius 2 is 1.55 bits per heavy atom. The van der Waals surface area contributed by atoms with Crippen LogP contribution in [0.1, 0.15) is 13.8 Å². The lowest BCUT2D eigenvalue weighted by molar-refractivity contribution is -0.155. The van der Waals surface area contributed by atoms with Crippen LogP contribution < -0.4 is 19.5 Å². The van der Waals surface area contributed by atoms with Gasteiger partial charge in [0.1, 0.15) is 5.75 Å². The van der Waals surface area contributed by atoms with Crippen LogP contribution >= 0.6 is 0 Å². The zero-order chi connectivity index (χ0) is 21.2. The second-order valence-corrected chi connectivity index (χ2v) is 5.66. The first-order valence-corrected chi connectivity index (χ1v) is 8.79. The van der Waals surface area contributed by atoms with Crippen molar-refractivity contribution in [2.24, 2.45) is 0 Å². The first-order valence-electron chi connectivity index (χ1n) is 8.79. The van der Waals surface area contributed by atoms with Crippen LogP contribution in [0.2, 0.25) is 0 Å². The molecule has 2 aromatic carbocycles. The Hall–Kier alpha value is -3.36. The van der Waals surface area contributed by atoms with Crippen LogP contribution in [0, 0.1) is 0 Å². The van der Waals surface area contributed by atoms with Crippen molar-refractivity contribution in [2.75, 3.05) is 18.5 Å². The quantitative estimate of drug-likeness (QED) is 0.604. The Balaban J connectivity index is 1.89. The van der Waals surface area contributed by atoms with Crippen molar-refractivity contribution in [3.63, 3.8) is 0 Å². The molecule has 1 atom stereocenters. The molecule has 2 aromatic rings. The number of hydrogen-bond donors (Lipinski definition) is 1. The van der Waals surface area contributed by atoms with Gasteiger partial charge in [-0.15, -0.1) is 0 Å². The number of alkyl halides is 2. The van der Waals surface area contributed by atoms with Gasteiger partial charge >= 0.3 is 12.6 Å². The average molecular weight is 409 g/mol. The molecule has 0 saturated heterocycles. The average Bonchev–Trinajstić information content (AvgIpc) is 2.68. The lowest BCUT2D eigenvalue weighted by atomic mass is 10.2. The third-order valence-corrected chi connectivity index (χ3v) is 3.53. The van der Waals surface area contributed by atoms with Gasteiger partial charge in [-0.3, -0.25) is 4.79 Å². The molecule has 1 amide bonds. The fourth-order valence-corrected chi connectivity index (χ4v) is 2.27. The molecule has 0 heterocycles. The molecule has 1 unspecified atom stereocenters. The number of ether oxygens (including phenoxy) is 4. The highest BCUT2D eigenvalue weighted by Crippen LogP contribution is 2.27. The fraction of sp³-hybridized carbons (Fsp3) is 0.300. The molecule has 0 aliphatic heterocycles. The molecule has 29 heavy (non-hydrogen) atoms. The van der Waals surface area contributed by atoms with E-state index in [1.165, 1.54) is 31.2 Å². The first kappa shape index (κ1) is 21.9. The van der Waals surface area contributed by atoms with Gasteiger partial charge < -0.3 is 24.3 Å². The summed E-state index contributed by atoms with van der Waals surface area (Å²) in [5, 5.41) is 2.39. The summed E-state index contributed by atoms with van der Waals surface area (Å²) in [4.78, 5) is 24.2. The normalized spacial score (nSPS) is 11.5. The van der Waals surface area contributed by atoms with E-state index in [1.54, 1.807) is 24.3 Å². The molecule has 0 spiro atoms. The van der Waals surface area contributed by atoms with Gasteiger partial charge in [0.05, 0.1) is 12.3 Å². The highest BCUT2D eigenvalue weighted by atomic mass is 19.3. The van der Waals surface area contributed by atoms with Crippen molar-refractivity contribution in [3.8, 4) is 17.2 Å². The molecule has 0 aromatic heterocycles. The first-order chi connectivity index (χ1) is 13.9. The van der Waals surface area contributed by atoms with Crippen molar-refractivity contribution in [1.82, 2.24) is 0 Å². The molecule has 156 valence electrons. The Morgan fingerprint density at radius 1 is 0.966 bits per heavy atom. The molecule has 0 saturated carbocycles. The third-order valence-electron chi connectivity index (χ3n) is 3.53. The van der Waals surface area contributed by atoms with Crippen LogP contribution in [0.15, 0.2) is 48.5 Å². The number of hydrogen-bond acceptors (Lipinski definition) is 6. The predicted molar refractivity (Wildman–Crippen MR) is 100 cm³/mol. The molecule has 9 heteroatoms. The van der Waals surface area contributed by atoms with E-state index in [0.29, 0.717) is 18.1 Å². The Morgan fingerprint density at radius 3 is 2.17 bits per heavy atom. The van der Waals surface area contributed by atoms with Crippen LogP contribution in [0.4, 0.5) is 14.5 Å². The lowest BCUT2D eigenvalue weighted by Crippen LogP contribution is -2.31. The smallest absolute Gasteiger partial charge is 0.387 e. The number of halogens is 2. The van der Waals surface area contributed by atoms with Gasteiger partial charge in [0.15, 0.2) is 24.2 Å². The number of esters is 1. The van der Waals surface area contributed by atoms with Crippen LogP contribution in [-0.4, -0.2) is 37.8 Å². The summed E-state index contributed by atoms with van der Waals surface area (Å²) in [5.41, 5.74) is 0.0302. The van der Waals surface area contributed by atoms with Crippen molar-refractivity contribution in [1.29, 1.82) is 0 Å². The molecule has 0 radical (unpaired) electrons. The van der Waals surface area contributed by atoms with Crippen LogP contribution in [0.5, 0.6) is 17.2 Å². The van der Waals surface area contributed by atoms with Crippen molar-refractivity contribution < 1.29 is 37.3 Å². The van der Waals surface area contributed by atoms with E-state index in [4.69, 9.17) is 14.2 Å². The highest BCUT2D eigenvalue weighted by Gasteiger charge is 2.20. The Bertz CT molecular complexity index is 830. The molecule has 7 nitrogen and oxygen atoms in total. The zero-order valence-electron chi connectivity index (χ0n) is 15.9. The molecule has 2 rings (SSSR count). The van der Waals surface area contributed by atoms with E-state index in [-0.39, 0.29) is 11.4 Å². The molecule has 1 N–H and O–H groups in total. The summed E-state index contributed by atoms with van der Waals surface area (Å²) in [6.45, 7) is 0.110. The Labute approximate surface area is 166 Å². The van der Waals surface area contributed by atoms with Gasteiger partial charge in [0.25, 0.3) is 5.91 Å². The SMILES string of the molecule is CCOc1ccccc1OCC(=O)OC(C)C(=O)Nc1ccccc1OC(F)F. The number of anilines is 1. The summed E-state index contributed by atoms with van der Waals surface area (Å²) < 4.78 is 45.0. The minimum absolute atomic E-state index is 0.0302. The van der Waals surface area contributed by atoms with Crippen molar-refractivity contribution >= 4 is 17.6 Å². The van der Waals surface area contributed by atoms with Gasteiger partial charge in [-0.1, -0.05) is 24.3 Å². The van der Waals surface area contributed by atoms with Crippen LogP contribution in [-0.2, 0) is 14.3 Å². The number of carbonyl (C=O) groups is 2. The minimum atomic E-state index is -3.04. The number of amides is 1. The topological polar surface area (TPSA) is 83.1 Å². The number of carbonyl (C=O) groups excluding carboxylic acids is 2. The number of rotatable bonds is 10. The van der Waals surface area contributed by atoms with Crippen LogP contribution in [0.25, 0.3) is 0 Å². The summed E-state index contributed by atoms with van der Waals surface area (Å²) >= 11 is 0. The predicted octanol–water partition coefficient (Wildman–Crippen LogP) is 3.64. The van der Waals surface area contributed by atoms with E-state index >= 15 is 0 Å². The maximum atomic E-state index is 12.4. The molecule has 0 aliphatic carbocycles.